The quantitative estimate of drug-likeness (QED) is 0.758. The number of carbonyl (C=O) groups excluding carboxylic acids is 1. The molecule has 0 spiro atoms. The number of nitrogens with one attached hydrogen (secondary N) is 2. The van der Waals surface area contributed by atoms with Gasteiger partial charge in [-0.3, -0.25) is 4.79 Å². The molecule has 5 heteroatoms. The largest absolute Gasteiger partial charge is 0.375 e. The Kier molecular flexibility index (Phi) is 7.54. The van der Waals surface area contributed by atoms with Crippen molar-refractivity contribution in [3.63, 3.8) is 0 Å². The van der Waals surface area contributed by atoms with E-state index in [0.29, 0.717) is 5.02 Å². The average molecular weight is 324 g/mol. The van der Waals surface area contributed by atoms with Gasteiger partial charge in [0.05, 0.1) is 17.3 Å². The van der Waals surface area contributed by atoms with E-state index in [-0.39, 0.29) is 12.5 Å². The van der Waals surface area contributed by atoms with Crippen LogP contribution in [-0.2, 0) is 4.79 Å². The predicted octanol–water partition coefficient (Wildman–Crippen LogP) is 3.13. The normalized spacial score (nSPS) is 16.0. The fourth-order valence-corrected chi connectivity index (χ4v) is 2.94. The van der Waals surface area contributed by atoms with E-state index < -0.39 is 0 Å². The second-order valence-electron chi connectivity index (χ2n) is 5.79. The first-order valence-corrected chi connectivity index (χ1v) is 8.61. The zero-order chi connectivity index (χ0) is 15.6. The predicted molar refractivity (Wildman–Crippen MR) is 92.5 cm³/mol. The summed E-state index contributed by atoms with van der Waals surface area (Å²) in [7, 11) is 0. The molecule has 1 aromatic rings. The van der Waals surface area contributed by atoms with E-state index >= 15 is 0 Å². The Morgan fingerprint density at radius 3 is 2.59 bits per heavy atom. The van der Waals surface area contributed by atoms with Crippen molar-refractivity contribution < 1.29 is 4.79 Å². The molecule has 1 fully saturated rings. The van der Waals surface area contributed by atoms with Gasteiger partial charge in [0, 0.05) is 6.54 Å². The Balaban J connectivity index is 1.57. The van der Waals surface area contributed by atoms with E-state index in [2.05, 4.69) is 15.5 Å². The molecule has 0 radical (unpaired) electrons. The molecule has 4 nitrogen and oxygen atoms in total. The van der Waals surface area contributed by atoms with Crippen LogP contribution in [0.15, 0.2) is 24.3 Å². The van der Waals surface area contributed by atoms with Crippen LogP contribution in [0.1, 0.15) is 32.1 Å². The molecule has 1 aromatic carbocycles. The van der Waals surface area contributed by atoms with Gasteiger partial charge in [-0.25, -0.2) is 0 Å². The minimum absolute atomic E-state index is 0.00999. The van der Waals surface area contributed by atoms with Gasteiger partial charge in [0.2, 0.25) is 5.91 Å². The lowest BCUT2D eigenvalue weighted by molar-refractivity contribution is -0.119. The molecule has 2 rings (SSSR count). The van der Waals surface area contributed by atoms with Gasteiger partial charge in [-0.05, 0) is 51.0 Å². The van der Waals surface area contributed by atoms with Crippen LogP contribution in [0.2, 0.25) is 5.02 Å². The molecule has 0 saturated carbocycles. The maximum atomic E-state index is 11.8. The Morgan fingerprint density at radius 2 is 1.86 bits per heavy atom. The first-order valence-electron chi connectivity index (χ1n) is 8.23. The lowest BCUT2D eigenvalue weighted by atomic mass is 10.2. The van der Waals surface area contributed by atoms with Crippen molar-refractivity contribution >= 4 is 23.2 Å². The van der Waals surface area contributed by atoms with Gasteiger partial charge in [-0.2, -0.15) is 0 Å². The number of rotatable bonds is 7. The second kappa shape index (κ2) is 9.70. The van der Waals surface area contributed by atoms with Gasteiger partial charge in [0.1, 0.15) is 0 Å². The van der Waals surface area contributed by atoms with Crippen LogP contribution >= 0.6 is 11.6 Å². The first kappa shape index (κ1) is 17.1. The van der Waals surface area contributed by atoms with Gasteiger partial charge in [0.15, 0.2) is 0 Å². The van der Waals surface area contributed by atoms with Crippen LogP contribution in [0.3, 0.4) is 0 Å². The highest BCUT2D eigenvalue weighted by molar-refractivity contribution is 6.33. The number of hydrogen-bond acceptors (Lipinski definition) is 3. The lowest BCUT2D eigenvalue weighted by Crippen LogP contribution is -2.33. The zero-order valence-corrected chi connectivity index (χ0v) is 13.9. The summed E-state index contributed by atoms with van der Waals surface area (Å²) >= 11 is 6.03. The molecule has 122 valence electrons. The fourth-order valence-electron chi connectivity index (χ4n) is 2.73. The molecular weight excluding hydrogens is 298 g/mol. The standard InChI is InChI=1S/C17H26ClN3O/c18-15-8-3-4-9-16(15)20-14-17(22)19-10-7-13-21-11-5-1-2-6-12-21/h3-4,8-9,20H,1-2,5-7,10-14H2,(H,19,22). The van der Waals surface area contributed by atoms with E-state index in [4.69, 9.17) is 11.6 Å². The summed E-state index contributed by atoms with van der Waals surface area (Å²) in [5.41, 5.74) is 0.795. The zero-order valence-electron chi connectivity index (χ0n) is 13.1. The van der Waals surface area contributed by atoms with Gasteiger partial charge < -0.3 is 15.5 Å². The third kappa shape index (κ3) is 6.24. The summed E-state index contributed by atoms with van der Waals surface area (Å²) in [5.74, 6) is 0.00999. The summed E-state index contributed by atoms with van der Waals surface area (Å²) in [6.07, 6.45) is 6.36. The SMILES string of the molecule is O=C(CNc1ccccc1Cl)NCCCN1CCCCCC1. The van der Waals surface area contributed by atoms with Crippen molar-refractivity contribution in [1.82, 2.24) is 10.2 Å². The Hall–Kier alpha value is -1.26. The van der Waals surface area contributed by atoms with Crippen molar-refractivity contribution in [3.05, 3.63) is 29.3 Å². The monoisotopic (exact) mass is 323 g/mol. The number of benzene rings is 1. The van der Waals surface area contributed by atoms with Crippen LogP contribution in [0, 0.1) is 0 Å². The minimum Gasteiger partial charge on any atom is -0.375 e. The van der Waals surface area contributed by atoms with Crippen molar-refractivity contribution in [1.29, 1.82) is 0 Å². The van der Waals surface area contributed by atoms with Crippen molar-refractivity contribution in [2.24, 2.45) is 0 Å². The molecule has 1 heterocycles. The molecule has 0 aliphatic carbocycles. The average Bonchev–Trinajstić information content (AvgIpc) is 2.79. The number of carbonyl (C=O) groups is 1. The van der Waals surface area contributed by atoms with Gasteiger partial charge in [-0.15, -0.1) is 0 Å². The Morgan fingerprint density at radius 1 is 1.14 bits per heavy atom. The Labute approximate surface area is 138 Å². The molecule has 1 aliphatic heterocycles. The Bertz CT molecular complexity index is 459. The molecule has 1 aliphatic rings. The van der Waals surface area contributed by atoms with Crippen LogP contribution in [0.4, 0.5) is 5.69 Å². The summed E-state index contributed by atoms with van der Waals surface area (Å²) < 4.78 is 0. The van der Waals surface area contributed by atoms with Crippen LogP contribution in [0.25, 0.3) is 0 Å². The van der Waals surface area contributed by atoms with E-state index in [1.165, 1.54) is 38.8 Å². The molecule has 0 atom stereocenters. The number of hydrogen-bond donors (Lipinski definition) is 2. The number of amides is 1. The van der Waals surface area contributed by atoms with Crippen LogP contribution < -0.4 is 10.6 Å². The lowest BCUT2D eigenvalue weighted by Gasteiger charge is -2.19. The van der Waals surface area contributed by atoms with Crippen LogP contribution in [-0.4, -0.2) is 43.5 Å². The van der Waals surface area contributed by atoms with Crippen LogP contribution in [0.5, 0.6) is 0 Å². The van der Waals surface area contributed by atoms with E-state index in [1.54, 1.807) is 0 Å². The number of halogens is 1. The van der Waals surface area contributed by atoms with Crippen molar-refractivity contribution in [2.75, 3.05) is 38.0 Å². The van der Waals surface area contributed by atoms with E-state index in [1.807, 2.05) is 24.3 Å². The summed E-state index contributed by atoms with van der Waals surface area (Å²) in [6.45, 7) is 4.50. The maximum Gasteiger partial charge on any atom is 0.239 e. The van der Waals surface area contributed by atoms with Gasteiger partial charge >= 0.3 is 0 Å². The highest BCUT2D eigenvalue weighted by Gasteiger charge is 2.08. The summed E-state index contributed by atoms with van der Waals surface area (Å²) in [5, 5.41) is 6.65. The highest BCUT2D eigenvalue weighted by Crippen LogP contribution is 2.19. The number of nitrogens with zero attached hydrogens (tertiary/aromatic N) is 1. The van der Waals surface area contributed by atoms with Crippen molar-refractivity contribution in [3.8, 4) is 0 Å². The molecule has 2 N–H and O–H groups in total. The highest BCUT2D eigenvalue weighted by atomic mass is 35.5. The number of para-hydroxylation sites is 1. The molecular formula is C17H26ClN3O. The third-order valence-corrected chi connectivity index (χ3v) is 4.31. The maximum absolute atomic E-state index is 11.8. The fraction of sp³-hybridized carbons (Fsp3) is 0.588. The summed E-state index contributed by atoms with van der Waals surface area (Å²) in [4.78, 5) is 14.3. The van der Waals surface area contributed by atoms with Gasteiger partial charge in [0.25, 0.3) is 0 Å². The second-order valence-corrected chi connectivity index (χ2v) is 6.20. The molecule has 0 bridgehead atoms. The molecule has 0 aromatic heterocycles. The first-order chi connectivity index (χ1) is 10.8. The van der Waals surface area contributed by atoms with E-state index in [0.717, 1.165) is 25.2 Å². The smallest absolute Gasteiger partial charge is 0.239 e. The van der Waals surface area contributed by atoms with E-state index in [9.17, 15) is 4.79 Å². The van der Waals surface area contributed by atoms with Crippen molar-refractivity contribution in [2.45, 2.75) is 32.1 Å². The number of anilines is 1. The minimum atomic E-state index is 0.00999. The third-order valence-electron chi connectivity index (χ3n) is 3.99. The topological polar surface area (TPSA) is 44.4 Å². The molecule has 1 saturated heterocycles. The summed E-state index contributed by atoms with van der Waals surface area (Å²) in [6, 6.07) is 7.45. The van der Waals surface area contributed by atoms with Gasteiger partial charge in [-0.1, -0.05) is 36.6 Å². The molecule has 22 heavy (non-hydrogen) atoms. The molecule has 0 unspecified atom stereocenters. The molecule has 1 amide bonds. The number of likely N-dealkylation sites (tertiary alicyclic amines) is 1.